The van der Waals surface area contributed by atoms with Crippen molar-refractivity contribution < 1.29 is 14.0 Å². The molecule has 2 aromatic carbocycles. The number of nitrogens with zero attached hydrogens (tertiary/aromatic N) is 2. The summed E-state index contributed by atoms with van der Waals surface area (Å²) in [5, 5.41) is 4.40. The number of hydrogen-bond donors (Lipinski definition) is 1. The zero-order valence-corrected chi connectivity index (χ0v) is 18.4. The standard InChI is InChI=1S/C26H27N3O3/c1-18-24-21(27-28-23(30)16-19-10-5-3-6-11-19)14-9-15-22(24)32-25(18)26(31)29(2)17-20-12-7-4-8-13-20/h3-8,10-13H,9,14-17H2,1-2H3,(H,28,30)/b27-21+. The van der Waals surface area contributed by atoms with Gasteiger partial charge in [0.25, 0.3) is 5.91 Å². The van der Waals surface area contributed by atoms with E-state index in [2.05, 4.69) is 10.5 Å². The lowest BCUT2D eigenvalue weighted by Gasteiger charge is -2.16. The lowest BCUT2D eigenvalue weighted by molar-refractivity contribution is -0.120. The summed E-state index contributed by atoms with van der Waals surface area (Å²) in [6, 6.07) is 19.4. The maximum absolute atomic E-state index is 13.1. The van der Waals surface area contributed by atoms with Gasteiger partial charge in [0.15, 0.2) is 5.76 Å². The van der Waals surface area contributed by atoms with E-state index < -0.39 is 0 Å². The van der Waals surface area contributed by atoms with E-state index in [-0.39, 0.29) is 18.2 Å². The Morgan fingerprint density at radius 2 is 1.66 bits per heavy atom. The molecule has 164 valence electrons. The molecule has 0 unspecified atom stereocenters. The number of furan rings is 1. The fraction of sp³-hybridized carbons (Fsp3) is 0.269. The molecule has 0 atom stereocenters. The summed E-state index contributed by atoms with van der Waals surface area (Å²) in [6.45, 7) is 2.39. The Balaban J connectivity index is 1.50. The van der Waals surface area contributed by atoms with Crippen molar-refractivity contribution in [3.8, 4) is 0 Å². The lowest BCUT2D eigenvalue weighted by atomic mass is 9.93. The van der Waals surface area contributed by atoms with Crippen LogP contribution < -0.4 is 5.43 Å². The second-order valence-electron chi connectivity index (χ2n) is 8.11. The topological polar surface area (TPSA) is 74.9 Å². The van der Waals surface area contributed by atoms with Gasteiger partial charge >= 0.3 is 0 Å². The quantitative estimate of drug-likeness (QED) is 0.595. The van der Waals surface area contributed by atoms with E-state index in [1.165, 1.54) is 0 Å². The first-order valence-electron chi connectivity index (χ1n) is 10.8. The Bertz CT molecular complexity index is 1130. The van der Waals surface area contributed by atoms with Crippen LogP contribution in [0.1, 0.15) is 51.4 Å². The van der Waals surface area contributed by atoms with E-state index in [1.54, 1.807) is 11.9 Å². The van der Waals surface area contributed by atoms with Crippen LogP contribution in [0.3, 0.4) is 0 Å². The molecule has 1 aliphatic carbocycles. The van der Waals surface area contributed by atoms with E-state index in [4.69, 9.17) is 4.42 Å². The molecular weight excluding hydrogens is 402 g/mol. The summed E-state index contributed by atoms with van der Waals surface area (Å²) in [5.74, 6) is 0.781. The SMILES string of the molecule is Cc1c(C(=O)N(C)Cc2ccccc2)oc2c1/C(=N/NC(=O)Cc1ccccc1)CCC2. The van der Waals surface area contributed by atoms with Crippen molar-refractivity contribution >= 4 is 17.5 Å². The molecule has 0 aliphatic heterocycles. The molecule has 1 heterocycles. The molecule has 1 aromatic heterocycles. The second-order valence-corrected chi connectivity index (χ2v) is 8.11. The maximum atomic E-state index is 13.1. The third-order valence-electron chi connectivity index (χ3n) is 5.65. The Kier molecular flexibility index (Phi) is 6.50. The molecule has 2 amide bonds. The highest BCUT2D eigenvalue weighted by Crippen LogP contribution is 2.30. The molecule has 0 radical (unpaired) electrons. The van der Waals surface area contributed by atoms with E-state index in [9.17, 15) is 9.59 Å². The van der Waals surface area contributed by atoms with Gasteiger partial charge in [-0.3, -0.25) is 9.59 Å². The minimum absolute atomic E-state index is 0.159. The molecule has 0 fully saturated rings. The molecule has 32 heavy (non-hydrogen) atoms. The monoisotopic (exact) mass is 429 g/mol. The Morgan fingerprint density at radius 3 is 2.34 bits per heavy atom. The predicted molar refractivity (Wildman–Crippen MR) is 123 cm³/mol. The van der Waals surface area contributed by atoms with Crippen molar-refractivity contribution in [2.75, 3.05) is 7.05 Å². The van der Waals surface area contributed by atoms with Gasteiger partial charge in [-0.15, -0.1) is 0 Å². The van der Waals surface area contributed by atoms with Gasteiger partial charge in [-0.1, -0.05) is 60.7 Å². The summed E-state index contributed by atoms with van der Waals surface area (Å²) in [7, 11) is 1.77. The molecular formula is C26H27N3O3. The first-order valence-corrected chi connectivity index (χ1v) is 10.8. The van der Waals surface area contributed by atoms with Crippen molar-refractivity contribution in [2.24, 2.45) is 5.10 Å². The van der Waals surface area contributed by atoms with Crippen LogP contribution in [0.4, 0.5) is 0 Å². The predicted octanol–water partition coefficient (Wildman–Crippen LogP) is 4.26. The highest BCUT2D eigenvalue weighted by molar-refractivity contribution is 6.06. The number of benzene rings is 2. The number of carbonyl (C=O) groups is 2. The number of rotatable bonds is 6. The van der Waals surface area contributed by atoms with E-state index in [0.717, 1.165) is 53.0 Å². The van der Waals surface area contributed by atoms with Crippen molar-refractivity contribution in [1.29, 1.82) is 0 Å². The average molecular weight is 430 g/mol. The van der Waals surface area contributed by atoms with Crippen LogP contribution in [0.2, 0.25) is 0 Å². The number of hydrogen-bond acceptors (Lipinski definition) is 4. The van der Waals surface area contributed by atoms with Gasteiger partial charge in [0.1, 0.15) is 5.76 Å². The van der Waals surface area contributed by atoms with E-state index in [1.807, 2.05) is 67.6 Å². The number of nitrogens with one attached hydrogen (secondary N) is 1. The highest BCUT2D eigenvalue weighted by atomic mass is 16.4. The number of fused-ring (bicyclic) bond motifs is 1. The second kappa shape index (κ2) is 9.64. The summed E-state index contributed by atoms with van der Waals surface area (Å²) >= 11 is 0. The minimum Gasteiger partial charge on any atom is -0.455 e. The van der Waals surface area contributed by atoms with Crippen LogP contribution in [0.25, 0.3) is 0 Å². The van der Waals surface area contributed by atoms with Crippen LogP contribution in [0.5, 0.6) is 0 Å². The smallest absolute Gasteiger partial charge is 0.289 e. The van der Waals surface area contributed by atoms with Crippen LogP contribution >= 0.6 is 0 Å². The third-order valence-corrected chi connectivity index (χ3v) is 5.65. The van der Waals surface area contributed by atoms with Gasteiger partial charge in [0, 0.05) is 31.1 Å². The van der Waals surface area contributed by atoms with Crippen LogP contribution in [0, 0.1) is 6.92 Å². The first-order chi connectivity index (χ1) is 15.5. The molecule has 6 heteroatoms. The fourth-order valence-corrected chi connectivity index (χ4v) is 4.04. The van der Waals surface area contributed by atoms with Crippen molar-refractivity contribution in [1.82, 2.24) is 10.3 Å². The molecule has 4 rings (SSSR count). The zero-order valence-electron chi connectivity index (χ0n) is 18.4. The minimum atomic E-state index is -0.170. The molecule has 3 aromatic rings. The number of carbonyl (C=O) groups excluding carboxylic acids is 2. The fourth-order valence-electron chi connectivity index (χ4n) is 4.04. The van der Waals surface area contributed by atoms with Gasteiger partial charge in [-0.2, -0.15) is 5.10 Å². The van der Waals surface area contributed by atoms with Crippen LogP contribution in [0.15, 0.2) is 70.2 Å². The molecule has 1 aliphatic rings. The van der Waals surface area contributed by atoms with Crippen molar-refractivity contribution in [3.63, 3.8) is 0 Å². The van der Waals surface area contributed by atoms with Gasteiger partial charge in [-0.05, 0) is 30.9 Å². The van der Waals surface area contributed by atoms with E-state index >= 15 is 0 Å². The molecule has 0 spiro atoms. The summed E-state index contributed by atoms with van der Waals surface area (Å²) in [4.78, 5) is 27.1. The summed E-state index contributed by atoms with van der Waals surface area (Å²) in [6.07, 6.45) is 2.61. The first kappa shape index (κ1) is 21.6. The van der Waals surface area contributed by atoms with Crippen molar-refractivity contribution in [3.05, 3.63) is 94.4 Å². The largest absolute Gasteiger partial charge is 0.455 e. The molecule has 0 saturated heterocycles. The number of amides is 2. The van der Waals surface area contributed by atoms with Gasteiger partial charge in [0.2, 0.25) is 5.91 Å². The van der Waals surface area contributed by atoms with Crippen molar-refractivity contribution in [2.45, 2.75) is 39.2 Å². The Hall–Kier alpha value is -3.67. The third kappa shape index (κ3) is 4.80. The molecule has 0 saturated carbocycles. The summed E-state index contributed by atoms with van der Waals surface area (Å²) < 4.78 is 6.01. The molecule has 0 bridgehead atoms. The normalized spacial score (nSPS) is 14.1. The van der Waals surface area contributed by atoms with Gasteiger partial charge in [-0.25, -0.2) is 5.43 Å². The average Bonchev–Trinajstić information content (AvgIpc) is 3.15. The zero-order chi connectivity index (χ0) is 22.5. The Labute approximate surface area is 187 Å². The summed E-state index contributed by atoms with van der Waals surface area (Å²) in [5.41, 5.74) is 7.06. The Morgan fingerprint density at radius 1 is 1.00 bits per heavy atom. The van der Waals surface area contributed by atoms with Gasteiger partial charge in [0.05, 0.1) is 12.1 Å². The van der Waals surface area contributed by atoms with E-state index in [0.29, 0.717) is 12.3 Å². The van der Waals surface area contributed by atoms with Gasteiger partial charge < -0.3 is 9.32 Å². The maximum Gasteiger partial charge on any atom is 0.289 e. The number of aryl methyl sites for hydroxylation is 1. The molecule has 6 nitrogen and oxygen atoms in total. The highest BCUT2D eigenvalue weighted by Gasteiger charge is 2.29. The van der Waals surface area contributed by atoms with Crippen LogP contribution in [-0.4, -0.2) is 29.5 Å². The molecule has 1 N–H and O–H groups in total. The number of hydrazone groups is 1. The van der Waals surface area contributed by atoms with Crippen LogP contribution in [-0.2, 0) is 24.2 Å². The lowest BCUT2D eigenvalue weighted by Crippen LogP contribution is -2.26.